The van der Waals surface area contributed by atoms with Crippen LogP contribution < -0.4 is 5.32 Å². The van der Waals surface area contributed by atoms with Crippen molar-refractivity contribution in [3.05, 3.63) is 47.3 Å². The molecule has 0 saturated carbocycles. The standard InChI is InChI=1S/C19H23FN4O2/c1-3-23(4-2)19(26)17-22-16(15-7-5-6-12-24(15)17)18(25)21-14-10-8-13(20)9-11-14/h8-11H,3-7,12H2,1-2H3,(H,21,25). The van der Waals surface area contributed by atoms with Gasteiger partial charge in [-0.2, -0.15) is 0 Å². The van der Waals surface area contributed by atoms with Crippen molar-refractivity contribution in [3.63, 3.8) is 0 Å². The molecule has 1 aliphatic rings. The highest BCUT2D eigenvalue weighted by Crippen LogP contribution is 2.23. The number of carbonyl (C=O) groups excluding carboxylic acids is 2. The van der Waals surface area contributed by atoms with Crippen LogP contribution >= 0.6 is 0 Å². The Labute approximate surface area is 152 Å². The predicted molar refractivity (Wildman–Crippen MR) is 96.8 cm³/mol. The van der Waals surface area contributed by atoms with Gasteiger partial charge in [0.1, 0.15) is 5.82 Å². The maximum atomic E-state index is 13.0. The topological polar surface area (TPSA) is 67.2 Å². The van der Waals surface area contributed by atoms with E-state index in [0.29, 0.717) is 37.6 Å². The highest BCUT2D eigenvalue weighted by Gasteiger charge is 2.29. The summed E-state index contributed by atoms with van der Waals surface area (Å²) in [5.41, 5.74) is 1.57. The van der Waals surface area contributed by atoms with Crippen molar-refractivity contribution in [2.24, 2.45) is 0 Å². The van der Waals surface area contributed by atoms with Gasteiger partial charge in [-0.1, -0.05) is 0 Å². The smallest absolute Gasteiger partial charge is 0.289 e. The van der Waals surface area contributed by atoms with Gasteiger partial charge in [0.05, 0.1) is 5.69 Å². The lowest BCUT2D eigenvalue weighted by Crippen LogP contribution is -2.33. The number of halogens is 1. The summed E-state index contributed by atoms with van der Waals surface area (Å²) in [6.07, 6.45) is 2.63. The molecule has 1 N–H and O–H groups in total. The minimum atomic E-state index is -0.374. The molecule has 0 atom stereocenters. The van der Waals surface area contributed by atoms with E-state index >= 15 is 0 Å². The minimum Gasteiger partial charge on any atom is -0.337 e. The number of anilines is 1. The van der Waals surface area contributed by atoms with E-state index in [1.165, 1.54) is 24.3 Å². The van der Waals surface area contributed by atoms with Gasteiger partial charge < -0.3 is 14.8 Å². The Morgan fingerprint density at radius 3 is 2.54 bits per heavy atom. The second-order valence-electron chi connectivity index (χ2n) is 6.28. The SMILES string of the molecule is CCN(CC)C(=O)c1nc(C(=O)Nc2ccc(F)cc2)c2n1CCCC2. The third-order valence-corrected chi connectivity index (χ3v) is 4.68. The molecular formula is C19H23FN4O2. The lowest BCUT2D eigenvalue weighted by molar-refractivity contribution is 0.0754. The van der Waals surface area contributed by atoms with E-state index in [2.05, 4.69) is 10.3 Å². The molecule has 2 amide bonds. The van der Waals surface area contributed by atoms with Crippen molar-refractivity contribution in [3.8, 4) is 0 Å². The fourth-order valence-corrected chi connectivity index (χ4v) is 3.26. The first-order valence-electron chi connectivity index (χ1n) is 9.00. The molecule has 1 aromatic heterocycles. The Bertz CT molecular complexity index is 810. The molecule has 1 aromatic carbocycles. The van der Waals surface area contributed by atoms with Crippen LogP contribution in [0.2, 0.25) is 0 Å². The van der Waals surface area contributed by atoms with Gasteiger partial charge in [-0.3, -0.25) is 9.59 Å². The average Bonchev–Trinajstić information content (AvgIpc) is 3.04. The van der Waals surface area contributed by atoms with Gasteiger partial charge in [-0.15, -0.1) is 0 Å². The zero-order valence-electron chi connectivity index (χ0n) is 15.1. The minimum absolute atomic E-state index is 0.154. The Balaban J connectivity index is 1.93. The summed E-state index contributed by atoms with van der Waals surface area (Å²) in [7, 11) is 0. The predicted octanol–water partition coefficient (Wildman–Crippen LogP) is 3.09. The molecule has 0 saturated heterocycles. The van der Waals surface area contributed by atoms with E-state index in [-0.39, 0.29) is 23.3 Å². The first-order chi connectivity index (χ1) is 12.5. The van der Waals surface area contributed by atoms with Crippen LogP contribution in [-0.4, -0.2) is 39.4 Å². The normalized spacial score (nSPS) is 13.2. The van der Waals surface area contributed by atoms with Crippen LogP contribution in [0.1, 0.15) is 53.5 Å². The largest absolute Gasteiger partial charge is 0.337 e. The molecule has 3 rings (SSSR count). The van der Waals surface area contributed by atoms with Crippen LogP contribution in [0.25, 0.3) is 0 Å². The molecule has 6 nitrogen and oxygen atoms in total. The molecule has 2 aromatic rings. The fraction of sp³-hybridized carbons (Fsp3) is 0.421. The van der Waals surface area contributed by atoms with Crippen LogP contribution in [0.5, 0.6) is 0 Å². The van der Waals surface area contributed by atoms with Crippen LogP contribution in [0.4, 0.5) is 10.1 Å². The monoisotopic (exact) mass is 358 g/mol. The second kappa shape index (κ2) is 7.68. The van der Waals surface area contributed by atoms with E-state index in [4.69, 9.17) is 0 Å². The van der Waals surface area contributed by atoms with Crippen LogP contribution in [-0.2, 0) is 13.0 Å². The van der Waals surface area contributed by atoms with Crippen molar-refractivity contribution >= 4 is 17.5 Å². The van der Waals surface area contributed by atoms with Crippen molar-refractivity contribution in [1.82, 2.24) is 14.5 Å². The molecule has 0 spiro atoms. The molecule has 0 unspecified atom stereocenters. The van der Waals surface area contributed by atoms with E-state index in [0.717, 1.165) is 18.5 Å². The molecule has 2 heterocycles. The molecule has 0 bridgehead atoms. The molecule has 138 valence electrons. The Hall–Kier alpha value is -2.70. The first kappa shape index (κ1) is 18.1. The molecule has 7 heteroatoms. The lowest BCUT2D eigenvalue weighted by Gasteiger charge is -2.21. The van der Waals surface area contributed by atoms with Crippen LogP contribution in [0.3, 0.4) is 0 Å². The summed E-state index contributed by atoms with van der Waals surface area (Å²) >= 11 is 0. The van der Waals surface area contributed by atoms with Gasteiger partial charge in [0.2, 0.25) is 0 Å². The first-order valence-corrected chi connectivity index (χ1v) is 9.00. The number of amides is 2. The van der Waals surface area contributed by atoms with E-state index in [1.54, 1.807) is 4.90 Å². The number of rotatable bonds is 5. The molecule has 26 heavy (non-hydrogen) atoms. The van der Waals surface area contributed by atoms with Crippen molar-refractivity contribution in [2.45, 2.75) is 39.7 Å². The van der Waals surface area contributed by atoms with Gasteiger partial charge in [-0.05, 0) is 57.4 Å². The third-order valence-electron chi connectivity index (χ3n) is 4.68. The number of nitrogens with one attached hydrogen (secondary N) is 1. The third kappa shape index (κ3) is 3.47. The Morgan fingerprint density at radius 2 is 1.88 bits per heavy atom. The van der Waals surface area contributed by atoms with Gasteiger partial charge in [0.25, 0.3) is 11.8 Å². The van der Waals surface area contributed by atoms with Crippen molar-refractivity contribution < 1.29 is 14.0 Å². The number of hydrogen-bond acceptors (Lipinski definition) is 3. The fourth-order valence-electron chi connectivity index (χ4n) is 3.26. The summed E-state index contributed by atoms with van der Waals surface area (Å²) in [4.78, 5) is 31.6. The average molecular weight is 358 g/mol. The van der Waals surface area contributed by atoms with E-state index in [1.807, 2.05) is 18.4 Å². The van der Waals surface area contributed by atoms with Gasteiger partial charge in [-0.25, -0.2) is 9.37 Å². The molecular weight excluding hydrogens is 335 g/mol. The maximum absolute atomic E-state index is 13.0. The maximum Gasteiger partial charge on any atom is 0.289 e. The lowest BCUT2D eigenvalue weighted by atomic mass is 10.1. The second-order valence-corrected chi connectivity index (χ2v) is 6.28. The van der Waals surface area contributed by atoms with Crippen molar-refractivity contribution in [2.75, 3.05) is 18.4 Å². The number of imidazole rings is 1. The van der Waals surface area contributed by atoms with E-state index < -0.39 is 0 Å². The molecule has 1 aliphatic heterocycles. The summed E-state index contributed by atoms with van der Waals surface area (Å²) in [6, 6.07) is 5.57. The summed E-state index contributed by atoms with van der Waals surface area (Å²) < 4.78 is 14.9. The quantitative estimate of drug-likeness (QED) is 0.893. The highest BCUT2D eigenvalue weighted by atomic mass is 19.1. The van der Waals surface area contributed by atoms with Gasteiger partial charge in [0, 0.05) is 25.3 Å². The number of nitrogens with zero attached hydrogens (tertiary/aromatic N) is 3. The molecule has 0 fully saturated rings. The van der Waals surface area contributed by atoms with Crippen molar-refractivity contribution in [1.29, 1.82) is 0 Å². The zero-order valence-corrected chi connectivity index (χ0v) is 15.1. The van der Waals surface area contributed by atoms with Gasteiger partial charge >= 0.3 is 0 Å². The summed E-state index contributed by atoms with van der Waals surface area (Å²) in [6.45, 7) is 5.71. The van der Waals surface area contributed by atoms with Crippen LogP contribution in [0.15, 0.2) is 24.3 Å². The van der Waals surface area contributed by atoms with Gasteiger partial charge in [0.15, 0.2) is 11.5 Å². The Kier molecular flexibility index (Phi) is 5.35. The Morgan fingerprint density at radius 1 is 1.19 bits per heavy atom. The van der Waals surface area contributed by atoms with Crippen LogP contribution in [0, 0.1) is 5.82 Å². The molecule has 0 radical (unpaired) electrons. The van der Waals surface area contributed by atoms with E-state index in [9.17, 15) is 14.0 Å². The zero-order chi connectivity index (χ0) is 18.7. The number of carbonyl (C=O) groups is 2. The number of benzene rings is 1. The summed E-state index contributed by atoms with van der Waals surface area (Å²) in [5.74, 6) is -0.568. The number of fused-ring (bicyclic) bond motifs is 1. The number of aromatic nitrogens is 2. The summed E-state index contributed by atoms with van der Waals surface area (Å²) in [5, 5.41) is 2.74. The molecule has 0 aliphatic carbocycles. The number of hydrogen-bond donors (Lipinski definition) is 1. The highest BCUT2D eigenvalue weighted by molar-refractivity contribution is 6.05.